The first-order valence-corrected chi connectivity index (χ1v) is 11.0. The van der Waals surface area contributed by atoms with Crippen molar-refractivity contribution in [2.75, 3.05) is 31.1 Å². The van der Waals surface area contributed by atoms with Gasteiger partial charge in [-0.15, -0.1) is 5.10 Å². The topological polar surface area (TPSA) is 83.7 Å². The number of carbonyl (C=O) groups is 2. The van der Waals surface area contributed by atoms with Crippen molar-refractivity contribution in [3.8, 4) is 0 Å². The Balaban J connectivity index is 1.38. The zero-order chi connectivity index (χ0) is 24.6. The van der Waals surface area contributed by atoms with Crippen LogP contribution in [0.3, 0.4) is 0 Å². The fraction of sp³-hybridized carbons (Fsp3) is 0.435. The number of ketones is 1. The largest absolute Gasteiger partial charge is 0.453 e. The van der Waals surface area contributed by atoms with E-state index < -0.39 is 12.0 Å². The molecular weight excluding hydrogens is 449 g/mol. The molecule has 3 aromatic rings. The average molecular weight is 474 g/mol. The van der Waals surface area contributed by atoms with Gasteiger partial charge in [0.25, 0.3) is 11.6 Å². The smallest absolute Gasteiger partial charge is 0.368 e. The van der Waals surface area contributed by atoms with Crippen molar-refractivity contribution in [3.63, 3.8) is 0 Å². The Kier molecular flexibility index (Phi) is 6.28. The van der Waals surface area contributed by atoms with E-state index >= 15 is 0 Å². The van der Waals surface area contributed by atoms with E-state index in [1.807, 2.05) is 12.1 Å². The number of hydrogen-bond acceptors (Lipinski definition) is 6. The Morgan fingerprint density at radius 1 is 1.00 bits per heavy atom. The summed E-state index contributed by atoms with van der Waals surface area (Å²) in [6.45, 7) is 7.38. The second-order valence-electron chi connectivity index (χ2n) is 8.38. The van der Waals surface area contributed by atoms with Crippen molar-refractivity contribution < 1.29 is 22.8 Å². The number of amides is 1. The summed E-state index contributed by atoms with van der Waals surface area (Å²) in [4.78, 5) is 35.9. The molecule has 11 heteroatoms. The highest BCUT2D eigenvalue weighted by atomic mass is 19.4. The highest BCUT2D eigenvalue weighted by Gasteiger charge is 2.37. The van der Waals surface area contributed by atoms with Gasteiger partial charge in [-0.3, -0.25) is 9.59 Å². The Bertz CT molecular complexity index is 1230. The first kappa shape index (κ1) is 23.7. The van der Waals surface area contributed by atoms with Crippen LogP contribution in [-0.4, -0.2) is 62.4 Å². The van der Waals surface area contributed by atoms with Crippen LogP contribution >= 0.6 is 0 Å². The highest BCUT2D eigenvalue weighted by molar-refractivity contribution is 5.94. The predicted molar refractivity (Wildman–Crippen MR) is 119 cm³/mol. The Morgan fingerprint density at radius 3 is 2.24 bits per heavy atom. The molecule has 0 atom stereocenters. The molecule has 1 fully saturated rings. The molecule has 180 valence electrons. The number of hydrogen-bond donors (Lipinski definition) is 0. The van der Waals surface area contributed by atoms with Crippen molar-refractivity contribution in [2.24, 2.45) is 0 Å². The average Bonchev–Trinajstić information content (AvgIpc) is 3.24. The van der Waals surface area contributed by atoms with Crippen LogP contribution in [0.5, 0.6) is 0 Å². The standard InChI is InChI=1S/C23H25F3N6O2/c1-14-19(15(2)32-22(27-14)28-21(29-32)23(24,25)26)8-9-20(34)31-12-10-30(11-13-31)18-6-4-17(5-7-18)16(3)33/h4-7H,8-13H2,1-3H3. The van der Waals surface area contributed by atoms with Gasteiger partial charge in [-0.2, -0.15) is 18.2 Å². The maximum absolute atomic E-state index is 13.0. The molecule has 1 aromatic carbocycles. The van der Waals surface area contributed by atoms with Gasteiger partial charge in [0.15, 0.2) is 5.78 Å². The van der Waals surface area contributed by atoms with Crippen LogP contribution in [0.1, 0.15) is 46.5 Å². The number of aryl methyl sites for hydroxylation is 2. The lowest BCUT2D eigenvalue weighted by Crippen LogP contribution is -2.48. The Morgan fingerprint density at radius 2 is 1.65 bits per heavy atom. The molecule has 3 heterocycles. The van der Waals surface area contributed by atoms with Crippen LogP contribution in [0.15, 0.2) is 24.3 Å². The molecule has 0 N–H and O–H groups in total. The second kappa shape index (κ2) is 9.03. The molecule has 1 saturated heterocycles. The van der Waals surface area contributed by atoms with Crippen LogP contribution in [0.2, 0.25) is 0 Å². The minimum Gasteiger partial charge on any atom is -0.368 e. The maximum atomic E-state index is 13.0. The third-order valence-corrected chi connectivity index (χ3v) is 6.16. The van der Waals surface area contributed by atoms with Gasteiger partial charge in [0.1, 0.15) is 0 Å². The third-order valence-electron chi connectivity index (χ3n) is 6.16. The maximum Gasteiger partial charge on any atom is 0.453 e. The number of anilines is 1. The van der Waals surface area contributed by atoms with E-state index in [2.05, 4.69) is 20.0 Å². The van der Waals surface area contributed by atoms with Crippen LogP contribution in [-0.2, 0) is 17.4 Å². The molecule has 0 aliphatic carbocycles. The van der Waals surface area contributed by atoms with Gasteiger partial charge >= 0.3 is 6.18 Å². The molecule has 0 radical (unpaired) electrons. The fourth-order valence-corrected chi connectivity index (χ4v) is 4.20. The van der Waals surface area contributed by atoms with Crippen LogP contribution < -0.4 is 4.90 Å². The summed E-state index contributed by atoms with van der Waals surface area (Å²) in [5.74, 6) is -1.33. The summed E-state index contributed by atoms with van der Waals surface area (Å²) in [7, 11) is 0. The third kappa shape index (κ3) is 4.73. The molecule has 1 amide bonds. The van der Waals surface area contributed by atoms with Crippen LogP contribution in [0, 0.1) is 13.8 Å². The quantitative estimate of drug-likeness (QED) is 0.528. The zero-order valence-corrected chi connectivity index (χ0v) is 19.2. The summed E-state index contributed by atoms with van der Waals surface area (Å²) >= 11 is 0. The summed E-state index contributed by atoms with van der Waals surface area (Å²) < 4.78 is 40.0. The SMILES string of the molecule is CC(=O)c1ccc(N2CCN(C(=O)CCc3c(C)nc4nc(C(F)(F)F)nn4c3C)CC2)cc1. The van der Waals surface area contributed by atoms with Gasteiger partial charge < -0.3 is 9.80 Å². The van der Waals surface area contributed by atoms with Gasteiger partial charge in [-0.25, -0.2) is 9.50 Å². The normalized spacial score (nSPS) is 14.6. The van der Waals surface area contributed by atoms with E-state index in [1.165, 1.54) is 6.92 Å². The van der Waals surface area contributed by atoms with Crippen LogP contribution in [0.25, 0.3) is 5.78 Å². The number of benzene rings is 1. The molecule has 2 aromatic heterocycles. The first-order chi connectivity index (χ1) is 16.0. The number of Topliss-reactive ketones (excluding diaryl/α,β-unsaturated/α-hetero) is 1. The molecular formula is C23H25F3N6O2. The molecule has 0 spiro atoms. The number of piperazine rings is 1. The van der Waals surface area contributed by atoms with Crippen molar-refractivity contribution in [2.45, 2.75) is 39.8 Å². The molecule has 8 nitrogen and oxygen atoms in total. The van der Waals surface area contributed by atoms with Gasteiger partial charge in [-0.05, 0) is 57.0 Å². The number of aromatic nitrogens is 4. The minimum atomic E-state index is -4.65. The van der Waals surface area contributed by atoms with E-state index in [1.54, 1.807) is 30.9 Å². The summed E-state index contributed by atoms with van der Waals surface area (Å²) in [5, 5.41) is 3.55. The predicted octanol–water partition coefficient (Wildman–Crippen LogP) is 3.24. The molecule has 1 aliphatic rings. The van der Waals surface area contributed by atoms with E-state index in [4.69, 9.17) is 0 Å². The lowest BCUT2D eigenvalue weighted by molar-refractivity contribution is -0.144. The van der Waals surface area contributed by atoms with Crippen molar-refractivity contribution in [1.82, 2.24) is 24.5 Å². The molecule has 0 saturated carbocycles. The van der Waals surface area contributed by atoms with Crippen LogP contribution in [0.4, 0.5) is 18.9 Å². The number of carbonyl (C=O) groups excluding carboxylic acids is 2. The van der Waals surface area contributed by atoms with E-state index in [9.17, 15) is 22.8 Å². The van der Waals surface area contributed by atoms with E-state index in [0.717, 1.165) is 10.2 Å². The zero-order valence-electron chi connectivity index (χ0n) is 19.2. The first-order valence-electron chi connectivity index (χ1n) is 11.0. The molecule has 1 aliphatic heterocycles. The molecule has 0 unspecified atom stereocenters. The van der Waals surface area contributed by atoms with Gasteiger partial charge in [-0.1, -0.05) is 0 Å². The van der Waals surface area contributed by atoms with Gasteiger partial charge in [0, 0.05) is 55.2 Å². The lowest BCUT2D eigenvalue weighted by Gasteiger charge is -2.36. The Labute approximate surface area is 194 Å². The van der Waals surface area contributed by atoms with Crippen molar-refractivity contribution in [3.05, 3.63) is 52.6 Å². The van der Waals surface area contributed by atoms with E-state index in [0.29, 0.717) is 55.1 Å². The van der Waals surface area contributed by atoms with Gasteiger partial charge in [0.05, 0.1) is 0 Å². The Hall–Kier alpha value is -3.50. The molecule has 0 bridgehead atoms. The number of rotatable bonds is 5. The number of fused-ring (bicyclic) bond motifs is 1. The number of nitrogens with zero attached hydrogens (tertiary/aromatic N) is 6. The lowest BCUT2D eigenvalue weighted by atomic mass is 10.1. The second-order valence-corrected chi connectivity index (χ2v) is 8.38. The monoisotopic (exact) mass is 474 g/mol. The summed E-state index contributed by atoms with van der Waals surface area (Å²) in [6.07, 6.45) is -4.07. The minimum absolute atomic E-state index is 0.0138. The number of halogens is 3. The summed E-state index contributed by atoms with van der Waals surface area (Å²) in [5.41, 5.74) is 3.41. The molecule has 4 rings (SSSR count). The van der Waals surface area contributed by atoms with Crippen molar-refractivity contribution in [1.29, 1.82) is 0 Å². The van der Waals surface area contributed by atoms with Crippen molar-refractivity contribution >= 4 is 23.2 Å². The van der Waals surface area contributed by atoms with Gasteiger partial charge in [0.2, 0.25) is 5.91 Å². The fourth-order valence-electron chi connectivity index (χ4n) is 4.20. The molecule has 34 heavy (non-hydrogen) atoms. The van der Waals surface area contributed by atoms with E-state index in [-0.39, 0.29) is 23.9 Å². The summed E-state index contributed by atoms with van der Waals surface area (Å²) in [6, 6.07) is 7.43. The highest BCUT2D eigenvalue weighted by Crippen LogP contribution is 2.27. The number of alkyl halides is 3.